The van der Waals surface area contributed by atoms with Crippen molar-refractivity contribution in [3.63, 3.8) is 0 Å². The quantitative estimate of drug-likeness (QED) is 0.637. The van der Waals surface area contributed by atoms with Gasteiger partial charge in [-0.25, -0.2) is 4.39 Å². The molecule has 1 saturated heterocycles. The fourth-order valence-corrected chi connectivity index (χ4v) is 3.54. The van der Waals surface area contributed by atoms with Gasteiger partial charge in [0.1, 0.15) is 11.9 Å². The predicted molar refractivity (Wildman–Crippen MR) is 119 cm³/mol. The number of hydrogen-bond acceptors (Lipinski definition) is 3. The lowest BCUT2D eigenvalue weighted by atomic mass is 10.1. The maximum atomic E-state index is 13.3. The van der Waals surface area contributed by atoms with Gasteiger partial charge in [0.05, 0.1) is 0 Å². The van der Waals surface area contributed by atoms with Crippen molar-refractivity contribution in [2.24, 2.45) is 0 Å². The van der Waals surface area contributed by atoms with Crippen molar-refractivity contribution in [1.29, 1.82) is 0 Å². The van der Waals surface area contributed by atoms with E-state index in [0.29, 0.717) is 12.0 Å². The molecule has 1 fully saturated rings. The number of hydrogen-bond donors (Lipinski definition) is 2. The highest BCUT2D eigenvalue weighted by Gasteiger charge is 2.20. The molecule has 0 radical (unpaired) electrons. The molecule has 1 atom stereocenters. The van der Waals surface area contributed by atoms with E-state index < -0.39 is 11.9 Å². The molecule has 0 spiro atoms. The van der Waals surface area contributed by atoms with Gasteiger partial charge in [-0.15, -0.1) is 0 Å². The van der Waals surface area contributed by atoms with Gasteiger partial charge in [-0.3, -0.25) is 9.59 Å². The highest BCUT2D eigenvalue weighted by molar-refractivity contribution is 6.00. The molecule has 1 unspecified atom stereocenters. The van der Waals surface area contributed by atoms with Gasteiger partial charge in [0.2, 0.25) is 11.8 Å². The molecule has 2 aromatic carbocycles. The average Bonchev–Trinajstić information content (AvgIpc) is 3.27. The van der Waals surface area contributed by atoms with Crippen LogP contribution in [0.5, 0.6) is 0 Å². The predicted octanol–water partition coefficient (Wildman–Crippen LogP) is 4.36. The Morgan fingerprint density at radius 1 is 1.13 bits per heavy atom. The fraction of sp³-hybridized carbons (Fsp3) is 0.333. The molecule has 6 heteroatoms. The molecule has 2 N–H and O–H groups in total. The zero-order valence-electron chi connectivity index (χ0n) is 17.2. The van der Waals surface area contributed by atoms with E-state index in [1.807, 2.05) is 31.2 Å². The van der Waals surface area contributed by atoms with Gasteiger partial charge in [-0.1, -0.05) is 31.5 Å². The maximum Gasteiger partial charge on any atom is 0.246 e. The summed E-state index contributed by atoms with van der Waals surface area (Å²) in [5.74, 6) is -1.00. The van der Waals surface area contributed by atoms with E-state index in [0.717, 1.165) is 30.9 Å². The molecular formula is C24H28FN3O2. The van der Waals surface area contributed by atoms with Crippen LogP contribution in [-0.2, 0) is 9.59 Å². The summed E-state index contributed by atoms with van der Waals surface area (Å²) < 4.78 is 13.3. The third-order valence-corrected chi connectivity index (χ3v) is 5.07. The number of amides is 2. The van der Waals surface area contributed by atoms with E-state index in [4.69, 9.17) is 0 Å². The molecule has 2 aromatic rings. The zero-order chi connectivity index (χ0) is 21.3. The van der Waals surface area contributed by atoms with Crippen LogP contribution < -0.4 is 15.5 Å². The Morgan fingerprint density at radius 2 is 1.90 bits per heavy atom. The second-order valence-corrected chi connectivity index (χ2v) is 7.47. The van der Waals surface area contributed by atoms with E-state index >= 15 is 0 Å². The van der Waals surface area contributed by atoms with E-state index in [9.17, 15) is 14.0 Å². The highest BCUT2D eigenvalue weighted by atomic mass is 19.1. The number of rotatable bonds is 8. The molecule has 1 heterocycles. The summed E-state index contributed by atoms with van der Waals surface area (Å²) in [7, 11) is 0. The van der Waals surface area contributed by atoms with Gasteiger partial charge < -0.3 is 15.5 Å². The molecule has 0 saturated carbocycles. The van der Waals surface area contributed by atoms with Crippen molar-refractivity contribution in [3.8, 4) is 0 Å². The van der Waals surface area contributed by atoms with E-state index in [1.165, 1.54) is 37.1 Å². The SMILES string of the molecule is CCCC(NC(=O)/C=C/c1cccc(F)c1)C(=O)Nc1cccc(N2CCCC2)c1. The minimum absolute atomic E-state index is 0.247. The largest absolute Gasteiger partial charge is 0.371 e. The van der Waals surface area contributed by atoms with Crippen LogP contribution in [0.1, 0.15) is 38.2 Å². The van der Waals surface area contributed by atoms with Gasteiger partial charge in [0, 0.05) is 30.5 Å². The Morgan fingerprint density at radius 3 is 2.63 bits per heavy atom. The third kappa shape index (κ3) is 6.17. The second kappa shape index (κ2) is 10.6. The summed E-state index contributed by atoms with van der Waals surface area (Å²) in [6.07, 6.45) is 6.49. The van der Waals surface area contributed by atoms with Crippen LogP contribution >= 0.6 is 0 Å². The number of carbonyl (C=O) groups is 2. The second-order valence-electron chi connectivity index (χ2n) is 7.47. The molecule has 1 aliphatic rings. The number of anilines is 2. The van der Waals surface area contributed by atoms with Crippen LogP contribution in [0.25, 0.3) is 6.08 Å². The minimum atomic E-state index is -0.643. The summed E-state index contributed by atoms with van der Waals surface area (Å²) >= 11 is 0. The topological polar surface area (TPSA) is 61.4 Å². The lowest BCUT2D eigenvalue weighted by Crippen LogP contribution is -2.43. The van der Waals surface area contributed by atoms with Crippen molar-refractivity contribution in [2.75, 3.05) is 23.3 Å². The van der Waals surface area contributed by atoms with Crippen molar-refractivity contribution in [1.82, 2.24) is 5.32 Å². The van der Waals surface area contributed by atoms with Crippen LogP contribution in [0.4, 0.5) is 15.8 Å². The Hall–Kier alpha value is -3.15. The normalized spacial score (nSPS) is 14.7. The van der Waals surface area contributed by atoms with Crippen LogP contribution in [0.15, 0.2) is 54.6 Å². The third-order valence-electron chi connectivity index (χ3n) is 5.07. The summed E-state index contributed by atoms with van der Waals surface area (Å²) in [5.41, 5.74) is 2.40. The number of nitrogens with one attached hydrogen (secondary N) is 2. The highest BCUT2D eigenvalue weighted by Crippen LogP contribution is 2.23. The van der Waals surface area contributed by atoms with Gasteiger partial charge in [-0.05, 0) is 61.2 Å². The smallest absolute Gasteiger partial charge is 0.246 e. The van der Waals surface area contributed by atoms with Gasteiger partial charge in [-0.2, -0.15) is 0 Å². The number of nitrogens with zero attached hydrogens (tertiary/aromatic N) is 1. The lowest BCUT2D eigenvalue weighted by Gasteiger charge is -2.20. The summed E-state index contributed by atoms with van der Waals surface area (Å²) in [6, 6.07) is 13.1. The van der Waals surface area contributed by atoms with E-state index in [1.54, 1.807) is 12.1 Å². The molecular weight excluding hydrogens is 381 g/mol. The molecule has 2 amide bonds. The maximum absolute atomic E-state index is 13.3. The molecule has 0 aliphatic carbocycles. The zero-order valence-corrected chi connectivity index (χ0v) is 17.2. The Balaban J connectivity index is 1.61. The summed E-state index contributed by atoms with van der Waals surface area (Å²) in [4.78, 5) is 27.4. The first-order chi connectivity index (χ1) is 14.5. The van der Waals surface area contributed by atoms with Crippen LogP contribution in [0.3, 0.4) is 0 Å². The molecule has 1 aliphatic heterocycles. The van der Waals surface area contributed by atoms with Crippen LogP contribution in [0.2, 0.25) is 0 Å². The number of carbonyl (C=O) groups excluding carboxylic acids is 2. The first kappa shape index (κ1) is 21.6. The van der Waals surface area contributed by atoms with Crippen LogP contribution in [-0.4, -0.2) is 30.9 Å². The standard InChI is InChI=1S/C24H28FN3O2/c1-2-7-22(27-23(29)13-12-18-8-5-9-19(25)16-18)24(30)26-20-10-6-11-21(17-20)28-14-3-4-15-28/h5-6,8-13,16-17,22H,2-4,7,14-15H2,1H3,(H,26,30)(H,27,29)/b13-12+. The molecule has 3 rings (SSSR count). The molecule has 0 bridgehead atoms. The minimum Gasteiger partial charge on any atom is -0.371 e. The number of benzene rings is 2. The number of halogens is 1. The first-order valence-electron chi connectivity index (χ1n) is 10.4. The molecule has 0 aromatic heterocycles. The van der Waals surface area contributed by atoms with E-state index in [-0.39, 0.29) is 11.7 Å². The van der Waals surface area contributed by atoms with Gasteiger partial charge >= 0.3 is 0 Å². The van der Waals surface area contributed by atoms with Crippen LogP contribution in [0, 0.1) is 5.82 Å². The lowest BCUT2D eigenvalue weighted by molar-refractivity contribution is -0.123. The Bertz CT molecular complexity index is 907. The fourth-order valence-electron chi connectivity index (χ4n) is 3.54. The van der Waals surface area contributed by atoms with Gasteiger partial charge in [0.25, 0.3) is 0 Å². The Labute approximate surface area is 177 Å². The summed E-state index contributed by atoms with van der Waals surface area (Å²) in [6.45, 7) is 4.02. The monoisotopic (exact) mass is 409 g/mol. The Kier molecular flexibility index (Phi) is 7.60. The van der Waals surface area contributed by atoms with Crippen molar-refractivity contribution in [2.45, 2.75) is 38.6 Å². The van der Waals surface area contributed by atoms with Crippen molar-refractivity contribution in [3.05, 3.63) is 66.0 Å². The molecule has 5 nitrogen and oxygen atoms in total. The first-order valence-corrected chi connectivity index (χ1v) is 10.4. The van der Waals surface area contributed by atoms with Crippen molar-refractivity contribution >= 4 is 29.3 Å². The average molecular weight is 410 g/mol. The molecule has 158 valence electrons. The van der Waals surface area contributed by atoms with E-state index in [2.05, 4.69) is 15.5 Å². The molecule has 30 heavy (non-hydrogen) atoms. The van der Waals surface area contributed by atoms with Crippen molar-refractivity contribution < 1.29 is 14.0 Å². The summed E-state index contributed by atoms with van der Waals surface area (Å²) in [5, 5.41) is 5.67. The van der Waals surface area contributed by atoms with Gasteiger partial charge in [0.15, 0.2) is 0 Å².